The highest BCUT2D eigenvalue weighted by Gasteiger charge is 1.84. The quantitative estimate of drug-likeness (QED) is 0.420. The standard InChI is InChI=1S/C4HFN2/c5-1-4(2-6)3-7/h1H. The van der Waals surface area contributed by atoms with Crippen molar-refractivity contribution in [3.63, 3.8) is 0 Å². The Labute approximate surface area is 40.1 Å². The molecule has 0 aromatic carbocycles. The van der Waals surface area contributed by atoms with Gasteiger partial charge in [0.15, 0.2) is 5.57 Å². The number of nitrogens with zero attached hydrogens (tertiary/aromatic N) is 2. The van der Waals surface area contributed by atoms with Crippen molar-refractivity contribution in [1.82, 2.24) is 0 Å². The smallest absolute Gasteiger partial charge is 0.157 e. The Balaban J connectivity index is 4.03. The molecule has 2 nitrogen and oxygen atoms in total. The van der Waals surface area contributed by atoms with Crippen LogP contribution in [0, 0.1) is 22.7 Å². The SMILES string of the molecule is N#CC(C#N)=CF. The van der Waals surface area contributed by atoms with Crippen LogP contribution in [0.4, 0.5) is 4.39 Å². The van der Waals surface area contributed by atoms with Gasteiger partial charge >= 0.3 is 0 Å². The molecule has 0 aliphatic carbocycles. The van der Waals surface area contributed by atoms with Crippen LogP contribution < -0.4 is 0 Å². The van der Waals surface area contributed by atoms with E-state index in [-0.39, 0.29) is 6.33 Å². The van der Waals surface area contributed by atoms with E-state index in [2.05, 4.69) is 0 Å². The molecule has 0 N–H and O–H groups in total. The molecule has 0 saturated carbocycles. The van der Waals surface area contributed by atoms with Crippen LogP contribution in [0.3, 0.4) is 0 Å². The molecule has 0 unspecified atom stereocenters. The van der Waals surface area contributed by atoms with E-state index in [1.54, 1.807) is 0 Å². The second kappa shape index (κ2) is 2.87. The molecular weight excluding hydrogens is 95.1 g/mol. The van der Waals surface area contributed by atoms with E-state index < -0.39 is 5.57 Å². The molecule has 0 aliphatic heterocycles. The topological polar surface area (TPSA) is 47.6 Å². The highest BCUT2D eigenvalue weighted by Crippen LogP contribution is 1.86. The van der Waals surface area contributed by atoms with Gasteiger partial charge < -0.3 is 0 Å². The lowest BCUT2D eigenvalue weighted by Gasteiger charge is -1.64. The van der Waals surface area contributed by atoms with Crippen LogP contribution in [0.1, 0.15) is 0 Å². The van der Waals surface area contributed by atoms with Gasteiger partial charge in [-0.2, -0.15) is 10.5 Å². The fourth-order valence-corrected chi connectivity index (χ4v) is 0.0738. The maximum absolute atomic E-state index is 11.1. The summed E-state index contributed by atoms with van der Waals surface area (Å²) in [6.07, 6.45) is -0.0278. The molecule has 0 heterocycles. The third kappa shape index (κ3) is 1.51. The average Bonchev–Trinajstić information content (AvgIpc) is 1.72. The van der Waals surface area contributed by atoms with E-state index in [4.69, 9.17) is 10.5 Å². The highest BCUT2D eigenvalue weighted by molar-refractivity contribution is 5.32. The summed E-state index contributed by atoms with van der Waals surface area (Å²) in [6.45, 7) is 0. The zero-order valence-corrected chi connectivity index (χ0v) is 3.35. The zero-order valence-electron chi connectivity index (χ0n) is 3.35. The number of hydrogen-bond acceptors (Lipinski definition) is 2. The summed E-state index contributed by atoms with van der Waals surface area (Å²) in [5, 5.41) is 15.5. The van der Waals surface area contributed by atoms with Crippen molar-refractivity contribution >= 4 is 0 Å². The average molecular weight is 96.1 g/mol. The first-order valence-electron chi connectivity index (χ1n) is 1.45. The van der Waals surface area contributed by atoms with Gasteiger partial charge in [0.05, 0.1) is 0 Å². The van der Waals surface area contributed by atoms with Crippen molar-refractivity contribution in [2.24, 2.45) is 0 Å². The number of nitriles is 2. The minimum absolute atomic E-state index is 0.0278. The van der Waals surface area contributed by atoms with Gasteiger partial charge in [-0.15, -0.1) is 0 Å². The lowest BCUT2D eigenvalue weighted by atomic mass is 10.4. The van der Waals surface area contributed by atoms with Crippen molar-refractivity contribution in [2.75, 3.05) is 0 Å². The van der Waals surface area contributed by atoms with Crippen LogP contribution in [0.25, 0.3) is 0 Å². The molecular formula is C4HFN2. The Hall–Kier alpha value is -1.35. The first kappa shape index (κ1) is 5.65. The fourth-order valence-electron chi connectivity index (χ4n) is 0.0738. The van der Waals surface area contributed by atoms with Gasteiger partial charge in [-0.1, -0.05) is 0 Å². The van der Waals surface area contributed by atoms with E-state index in [1.165, 1.54) is 12.1 Å². The van der Waals surface area contributed by atoms with E-state index >= 15 is 0 Å². The first-order valence-corrected chi connectivity index (χ1v) is 1.45. The summed E-state index contributed by atoms with van der Waals surface area (Å²) in [5.41, 5.74) is -0.500. The molecule has 0 saturated heterocycles. The maximum Gasteiger partial charge on any atom is 0.157 e. The van der Waals surface area contributed by atoms with E-state index in [0.717, 1.165) is 0 Å². The Kier molecular flexibility index (Phi) is 2.31. The number of halogens is 1. The number of rotatable bonds is 0. The van der Waals surface area contributed by atoms with Gasteiger partial charge in [0.1, 0.15) is 18.5 Å². The van der Waals surface area contributed by atoms with E-state index in [0.29, 0.717) is 0 Å². The molecule has 0 atom stereocenters. The van der Waals surface area contributed by atoms with Gasteiger partial charge in [-0.25, -0.2) is 4.39 Å². The summed E-state index contributed by atoms with van der Waals surface area (Å²) >= 11 is 0. The first-order chi connectivity index (χ1) is 3.35. The van der Waals surface area contributed by atoms with Crippen LogP contribution in [-0.4, -0.2) is 0 Å². The normalized spacial score (nSPS) is 5.57. The monoisotopic (exact) mass is 96.0 g/mol. The number of hydrogen-bond donors (Lipinski definition) is 0. The Morgan fingerprint density at radius 3 is 1.86 bits per heavy atom. The van der Waals surface area contributed by atoms with Crippen LogP contribution in [0.15, 0.2) is 11.9 Å². The van der Waals surface area contributed by atoms with Crippen LogP contribution >= 0.6 is 0 Å². The largest absolute Gasteiger partial charge is 0.213 e. The minimum atomic E-state index is -0.500. The molecule has 7 heavy (non-hydrogen) atoms. The zero-order chi connectivity index (χ0) is 5.70. The van der Waals surface area contributed by atoms with Crippen LogP contribution in [-0.2, 0) is 0 Å². The molecule has 0 bridgehead atoms. The molecule has 0 radical (unpaired) electrons. The lowest BCUT2D eigenvalue weighted by molar-refractivity contribution is 0.717. The minimum Gasteiger partial charge on any atom is -0.213 e. The van der Waals surface area contributed by atoms with Crippen molar-refractivity contribution in [2.45, 2.75) is 0 Å². The summed E-state index contributed by atoms with van der Waals surface area (Å²) in [7, 11) is 0. The predicted octanol–water partition coefficient (Wildman–Crippen LogP) is 0.887. The van der Waals surface area contributed by atoms with Crippen LogP contribution in [0.5, 0.6) is 0 Å². The number of allylic oxidation sites excluding steroid dienone is 1. The summed E-state index contributed by atoms with van der Waals surface area (Å²) < 4.78 is 11.1. The fraction of sp³-hybridized carbons (Fsp3) is 0. The van der Waals surface area contributed by atoms with Gasteiger partial charge in [0.2, 0.25) is 0 Å². The third-order valence-electron chi connectivity index (χ3n) is 0.350. The third-order valence-corrected chi connectivity index (χ3v) is 0.350. The second-order valence-corrected chi connectivity index (χ2v) is 0.746. The maximum atomic E-state index is 11.1. The Bertz CT molecular complexity index is 142. The van der Waals surface area contributed by atoms with Crippen molar-refractivity contribution < 1.29 is 4.39 Å². The Morgan fingerprint density at radius 2 is 1.86 bits per heavy atom. The van der Waals surface area contributed by atoms with Crippen molar-refractivity contribution in [3.05, 3.63) is 11.9 Å². The van der Waals surface area contributed by atoms with E-state index in [9.17, 15) is 4.39 Å². The van der Waals surface area contributed by atoms with Gasteiger partial charge in [-0.3, -0.25) is 0 Å². The second-order valence-electron chi connectivity index (χ2n) is 0.746. The molecule has 0 fully saturated rings. The van der Waals surface area contributed by atoms with Gasteiger partial charge in [0.25, 0.3) is 0 Å². The van der Waals surface area contributed by atoms with Crippen molar-refractivity contribution in [1.29, 1.82) is 10.5 Å². The van der Waals surface area contributed by atoms with Gasteiger partial charge in [-0.05, 0) is 0 Å². The summed E-state index contributed by atoms with van der Waals surface area (Å²) in [5.74, 6) is 0. The molecule has 0 aliphatic rings. The predicted molar refractivity (Wildman–Crippen MR) is 20.4 cm³/mol. The highest BCUT2D eigenvalue weighted by atomic mass is 19.1. The van der Waals surface area contributed by atoms with Crippen molar-refractivity contribution in [3.8, 4) is 12.1 Å². The molecule has 0 amide bonds. The molecule has 3 heteroatoms. The summed E-state index contributed by atoms with van der Waals surface area (Å²) in [6, 6.07) is 2.65. The molecule has 0 aromatic heterocycles. The van der Waals surface area contributed by atoms with Gasteiger partial charge in [0, 0.05) is 0 Å². The molecule has 0 spiro atoms. The van der Waals surface area contributed by atoms with Crippen LogP contribution in [0.2, 0.25) is 0 Å². The lowest BCUT2D eigenvalue weighted by Crippen LogP contribution is -1.63. The summed E-state index contributed by atoms with van der Waals surface area (Å²) in [4.78, 5) is 0. The molecule has 0 aromatic rings. The molecule has 0 rings (SSSR count). The van der Waals surface area contributed by atoms with E-state index in [1.807, 2.05) is 0 Å². The Morgan fingerprint density at radius 1 is 1.43 bits per heavy atom. The molecule has 34 valence electrons.